The van der Waals surface area contributed by atoms with Gasteiger partial charge in [0.05, 0.1) is 13.2 Å². The van der Waals surface area contributed by atoms with Crippen molar-refractivity contribution in [2.75, 3.05) is 13.2 Å². The number of esters is 1. The number of rotatable bonds is 11. The molecule has 0 aliphatic carbocycles. The van der Waals surface area contributed by atoms with Gasteiger partial charge in [0.1, 0.15) is 5.75 Å². The normalized spacial score (nSPS) is 9.91. The Morgan fingerprint density at radius 3 is 2.03 bits per heavy atom. The average molecular weight is 435 g/mol. The molecule has 5 heteroatoms. The lowest BCUT2D eigenvalue weighted by molar-refractivity contribution is -0.137. The van der Waals surface area contributed by atoms with E-state index in [9.17, 15) is 9.59 Å². The smallest absolute Gasteiger partial charge is 0.463 e. The van der Waals surface area contributed by atoms with E-state index in [0.717, 1.165) is 23.6 Å². The Morgan fingerprint density at radius 2 is 1.44 bits per heavy atom. The highest BCUT2D eigenvalue weighted by atomic mass is 16.7. The molecule has 5 nitrogen and oxygen atoms in total. The van der Waals surface area contributed by atoms with Gasteiger partial charge in [-0.25, -0.2) is 9.59 Å². The number of hydrogen-bond donors (Lipinski definition) is 0. The first kappa shape index (κ1) is 24.7. The van der Waals surface area contributed by atoms with Crippen LogP contribution in [0.1, 0.15) is 55.7 Å². The van der Waals surface area contributed by atoms with Gasteiger partial charge in [0.25, 0.3) is 0 Å². The van der Waals surface area contributed by atoms with Gasteiger partial charge in [-0.1, -0.05) is 50.3 Å². The SMILES string of the molecule is C=CC(=O)OCCCCOC(=O)Oc1ccc(C#Cc2ccc(CCCCC)cc2)cc1. The summed E-state index contributed by atoms with van der Waals surface area (Å²) in [5.74, 6) is 6.19. The maximum absolute atomic E-state index is 11.7. The predicted molar refractivity (Wildman–Crippen MR) is 124 cm³/mol. The summed E-state index contributed by atoms with van der Waals surface area (Å²) in [5.41, 5.74) is 3.13. The Balaban J connectivity index is 1.72. The minimum Gasteiger partial charge on any atom is -0.463 e. The Kier molecular flexibility index (Phi) is 11.2. The summed E-state index contributed by atoms with van der Waals surface area (Å²) in [5, 5.41) is 0. The maximum atomic E-state index is 11.7. The number of benzene rings is 2. The summed E-state index contributed by atoms with van der Waals surface area (Å²) >= 11 is 0. The minimum atomic E-state index is -0.772. The van der Waals surface area contributed by atoms with Crippen LogP contribution in [0.5, 0.6) is 5.75 Å². The molecule has 0 saturated carbocycles. The highest BCUT2D eigenvalue weighted by Gasteiger charge is 2.06. The van der Waals surface area contributed by atoms with Crippen LogP contribution in [0.2, 0.25) is 0 Å². The van der Waals surface area contributed by atoms with Gasteiger partial charge in [-0.2, -0.15) is 0 Å². The molecule has 2 aromatic carbocycles. The molecular formula is C27H30O5. The summed E-state index contributed by atoms with van der Waals surface area (Å²) in [7, 11) is 0. The molecule has 0 aromatic heterocycles. The van der Waals surface area contributed by atoms with Gasteiger partial charge in [-0.15, -0.1) is 0 Å². The van der Waals surface area contributed by atoms with Crippen LogP contribution in [0.25, 0.3) is 0 Å². The molecule has 0 spiro atoms. The van der Waals surface area contributed by atoms with Crippen LogP contribution in [0.3, 0.4) is 0 Å². The molecule has 0 heterocycles. The van der Waals surface area contributed by atoms with E-state index in [1.54, 1.807) is 24.3 Å². The quantitative estimate of drug-likeness (QED) is 0.146. The maximum Gasteiger partial charge on any atom is 0.513 e. The first-order chi connectivity index (χ1) is 15.6. The van der Waals surface area contributed by atoms with Crippen molar-refractivity contribution in [3.8, 4) is 17.6 Å². The van der Waals surface area contributed by atoms with Crippen LogP contribution in [0, 0.1) is 11.8 Å². The second-order valence-electron chi connectivity index (χ2n) is 7.21. The highest BCUT2D eigenvalue weighted by molar-refractivity contribution is 5.81. The van der Waals surface area contributed by atoms with E-state index in [1.165, 1.54) is 24.8 Å². The van der Waals surface area contributed by atoms with Crippen LogP contribution in [0.4, 0.5) is 4.79 Å². The van der Waals surface area contributed by atoms with Crippen molar-refractivity contribution in [1.82, 2.24) is 0 Å². The molecule has 32 heavy (non-hydrogen) atoms. The van der Waals surface area contributed by atoms with Crippen molar-refractivity contribution >= 4 is 12.1 Å². The Labute approximate surface area is 190 Å². The molecule has 0 N–H and O–H groups in total. The Hall–Kier alpha value is -3.52. The molecule has 0 fully saturated rings. The summed E-state index contributed by atoms with van der Waals surface area (Å²) in [6, 6.07) is 15.3. The van der Waals surface area contributed by atoms with Gasteiger partial charge in [0, 0.05) is 17.2 Å². The Bertz CT molecular complexity index is 917. The minimum absolute atomic E-state index is 0.186. The van der Waals surface area contributed by atoms with Crippen LogP contribution in [-0.4, -0.2) is 25.3 Å². The standard InChI is InChI=1S/C27H30O5/c1-3-5-6-9-22-10-12-23(13-11-22)14-15-24-16-18-25(19-17-24)32-27(29)31-21-8-7-20-30-26(28)4-2/h4,10-13,16-19H,2-3,5-9,20-21H2,1H3. The Morgan fingerprint density at radius 1 is 0.844 bits per heavy atom. The fourth-order valence-corrected chi connectivity index (χ4v) is 2.80. The monoisotopic (exact) mass is 434 g/mol. The lowest BCUT2D eigenvalue weighted by atomic mass is 10.1. The number of unbranched alkanes of at least 4 members (excludes halogenated alkanes) is 3. The lowest BCUT2D eigenvalue weighted by Crippen LogP contribution is -2.12. The second-order valence-corrected chi connectivity index (χ2v) is 7.21. The third-order valence-corrected chi connectivity index (χ3v) is 4.60. The van der Waals surface area contributed by atoms with E-state index >= 15 is 0 Å². The topological polar surface area (TPSA) is 61.8 Å². The number of carbonyl (C=O) groups excluding carboxylic acids is 2. The molecule has 0 saturated heterocycles. The van der Waals surface area contributed by atoms with E-state index in [-0.39, 0.29) is 13.2 Å². The van der Waals surface area contributed by atoms with Crippen molar-refractivity contribution in [3.63, 3.8) is 0 Å². The number of aryl methyl sites for hydroxylation is 1. The zero-order valence-corrected chi connectivity index (χ0v) is 18.6. The fourth-order valence-electron chi connectivity index (χ4n) is 2.80. The average Bonchev–Trinajstić information content (AvgIpc) is 2.81. The molecule has 0 aliphatic rings. The van der Waals surface area contributed by atoms with Crippen molar-refractivity contribution in [2.45, 2.75) is 45.4 Å². The van der Waals surface area contributed by atoms with Crippen LogP contribution in [0.15, 0.2) is 61.2 Å². The molecular weight excluding hydrogens is 404 g/mol. The first-order valence-corrected chi connectivity index (χ1v) is 11.0. The van der Waals surface area contributed by atoms with Crippen molar-refractivity contribution in [2.24, 2.45) is 0 Å². The zero-order chi connectivity index (χ0) is 23.0. The van der Waals surface area contributed by atoms with Crippen LogP contribution >= 0.6 is 0 Å². The highest BCUT2D eigenvalue weighted by Crippen LogP contribution is 2.13. The number of ether oxygens (including phenoxy) is 3. The summed E-state index contributed by atoms with van der Waals surface area (Å²) in [6.45, 7) is 5.97. The molecule has 0 bridgehead atoms. The first-order valence-electron chi connectivity index (χ1n) is 11.0. The molecule has 0 unspecified atom stereocenters. The van der Waals surface area contributed by atoms with E-state index in [0.29, 0.717) is 18.6 Å². The molecule has 0 radical (unpaired) electrons. The van der Waals surface area contributed by atoms with Gasteiger partial charge < -0.3 is 14.2 Å². The number of carbonyl (C=O) groups is 2. The molecule has 168 valence electrons. The van der Waals surface area contributed by atoms with E-state index in [1.807, 2.05) is 12.1 Å². The third kappa shape index (κ3) is 9.99. The van der Waals surface area contributed by atoms with E-state index in [4.69, 9.17) is 14.2 Å². The summed E-state index contributed by atoms with van der Waals surface area (Å²) < 4.78 is 15.0. The zero-order valence-electron chi connectivity index (χ0n) is 18.6. The van der Waals surface area contributed by atoms with Crippen LogP contribution < -0.4 is 4.74 Å². The van der Waals surface area contributed by atoms with Gasteiger partial charge in [0.2, 0.25) is 0 Å². The largest absolute Gasteiger partial charge is 0.513 e. The molecule has 0 atom stereocenters. The van der Waals surface area contributed by atoms with Gasteiger partial charge in [-0.3, -0.25) is 0 Å². The second kappa shape index (κ2) is 14.5. The van der Waals surface area contributed by atoms with Gasteiger partial charge >= 0.3 is 12.1 Å². The molecule has 2 rings (SSSR count). The van der Waals surface area contributed by atoms with Gasteiger partial charge in [0.15, 0.2) is 0 Å². The van der Waals surface area contributed by atoms with Crippen molar-refractivity contribution < 1.29 is 23.8 Å². The van der Waals surface area contributed by atoms with E-state index in [2.05, 4.69) is 37.5 Å². The predicted octanol–water partition coefficient (Wildman–Crippen LogP) is 5.84. The fraction of sp³-hybridized carbons (Fsp3) is 0.333. The summed E-state index contributed by atoms with van der Waals surface area (Å²) in [4.78, 5) is 22.6. The number of hydrogen-bond acceptors (Lipinski definition) is 5. The van der Waals surface area contributed by atoms with Crippen LogP contribution in [-0.2, 0) is 20.7 Å². The third-order valence-electron chi connectivity index (χ3n) is 4.60. The van der Waals surface area contributed by atoms with Gasteiger partial charge in [-0.05, 0) is 67.6 Å². The van der Waals surface area contributed by atoms with E-state index < -0.39 is 12.1 Å². The molecule has 2 aromatic rings. The molecule has 0 aliphatic heterocycles. The lowest BCUT2D eigenvalue weighted by Gasteiger charge is -2.06. The van der Waals surface area contributed by atoms with Crippen molar-refractivity contribution in [1.29, 1.82) is 0 Å². The molecule has 0 amide bonds. The van der Waals surface area contributed by atoms with Crippen molar-refractivity contribution in [3.05, 3.63) is 77.9 Å². The summed E-state index contributed by atoms with van der Waals surface area (Å²) in [6.07, 6.45) is 6.30.